The summed E-state index contributed by atoms with van der Waals surface area (Å²) < 4.78 is 8.16. The summed E-state index contributed by atoms with van der Waals surface area (Å²) in [6.45, 7) is 3.07. The maximum Gasteiger partial charge on any atom is 0.128 e. The monoisotopic (exact) mass is 423 g/mol. The molecule has 31 heavy (non-hydrogen) atoms. The molecule has 1 heterocycles. The molecule has 1 atom stereocenters. The van der Waals surface area contributed by atoms with Gasteiger partial charge in [-0.2, -0.15) is 5.10 Å². The SMILES string of the molecule is CCC[C@H](CCO)n1cc2cc(/C=C/C=C\C(=N\O)C3CC3)c(OCC3CC3)cc2n1. The van der Waals surface area contributed by atoms with Gasteiger partial charge in [-0.3, -0.25) is 4.68 Å². The molecule has 2 saturated carbocycles. The van der Waals surface area contributed by atoms with E-state index in [1.54, 1.807) is 0 Å². The van der Waals surface area contributed by atoms with Gasteiger partial charge in [0.2, 0.25) is 0 Å². The Balaban J connectivity index is 1.58. The topological polar surface area (TPSA) is 79.9 Å². The fourth-order valence-electron chi connectivity index (χ4n) is 3.86. The number of rotatable bonds is 12. The molecule has 0 unspecified atom stereocenters. The summed E-state index contributed by atoms with van der Waals surface area (Å²) in [4.78, 5) is 0. The molecule has 166 valence electrons. The van der Waals surface area contributed by atoms with Crippen molar-refractivity contribution < 1.29 is 15.1 Å². The van der Waals surface area contributed by atoms with Gasteiger partial charge in [-0.25, -0.2) is 0 Å². The van der Waals surface area contributed by atoms with Crippen LogP contribution < -0.4 is 4.74 Å². The van der Waals surface area contributed by atoms with Crippen molar-refractivity contribution in [3.05, 3.63) is 42.1 Å². The van der Waals surface area contributed by atoms with Gasteiger partial charge in [0.25, 0.3) is 0 Å². The van der Waals surface area contributed by atoms with E-state index >= 15 is 0 Å². The standard InChI is InChI=1S/C25H33N3O3/c1-2-5-22(12-13-29)28-16-21-14-20(6-3-4-7-23(27-30)19-10-11-19)25(15-24(21)26-28)31-17-18-8-9-18/h3-4,6-7,14-16,18-19,22,29-30H,2,5,8-13,17H2,1H3/b6-3+,7-4-,27-23-/t22-/m1/s1. The van der Waals surface area contributed by atoms with Gasteiger partial charge in [0.1, 0.15) is 5.75 Å². The van der Waals surface area contributed by atoms with Gasteiger partial charge >= 0.3 is 0 Å². The number of hydrogen-bond acceptors (Lipinski definition) is 5. The molecule has 1 aromatic heterocycles. The Morgan fingerprint density at radius 2 is 2.10 bits per heavy atom. The Morgan fingerprint density at radius 3 is 2.77 bits per heavy atom. The van der Waals surface area contributed by atoms with Crippen molar-refractivity contribution in [2.45, 2.75) is 57.9 Å². The Hall–Kier alpha value is -2.60. The molecule has 6 heteroatoms. The predicted octanol–water partition coefficient (Wildman–Crippen LogP) is 5.36. The molecule has 2 fully saturated rings. The van der Waals surface area contributed by atoms with Crippen LogP contribution in [0.15, 0.2) is 41.7 Å². The maximum absolute atomic E-state index is 9.43. The molecule has 2 N–H and O–H groups in total. The molecule has 1 aromatic carbocycles. The second-order valence-electron chi connectivity index (χ2n) is 8.78. The van der Waals surface area contributed by atoms with Crippen molar-refractivity contribution >= 4 is 22.7 Å². The quantitative estimate of drug-likeness (QED) is 0.208. The Kier molecular flexibility index (Phi) is 7.07. The molecule has 0 amide bonds. The number of benzene rings is 1. The van der Waals surface area contributed by atoms with Crippen LogP contribution in [-0.2, 0) is 0 Å². The lowest BCUT2D eigenvalue weighted by atomic mass is 10.1. The average Bonchev–Trinajstić information content (AvgIpc) is 3.70. The summed E-state index contributed by atoms with van der Waals surface area (Å²) >= 11 is 0. The predicted molar refractivity (Wildman–Crippen MR) is 124 cm³/mol. The number of oxime groups is 1. The summed E-state index contributed by atoms with van der Waals surface area (Å²) in [5.41, 5.74) is 2.68. The van der Waals surface area contributed by atoms with Crippen molar-refractivity contribution in [2.24, 2.45) is 17.0 Å². The van der Waals surface area contributed by atoms with E-state index in [4.69, 9.17) is 15.0 Å². The fourth-order valence-corrected chi connectivity index (χ4v) is 3.86. The van der Waals surface area contributed by atoms with E-state index < -0.39 is 0 Å². The van der Waals surface area contributed by atoms with E-state index in [-0.39, 0.29) is 12.6 Å². The van der Waals surface area contributed by atoms with Crippen LogP contribution in [0, 0.1) is 11.8 Å². The number of fused-ring (bicyclic) bond motifs is 1. The van der Waals surface area contributed by atoms with E-state index in [9.17, 15) is 5.11 Å². The van der Waals surface area contributed by atoms with Crippen LogP contribution >= 0.6 is 0 Å². The third-order valence-electron chi connectivity index (χ3n) is 6.05. The zero-order valence-electron chi connectivity index (χ0n) is 18.3. The zero-order valence-corrected chi connectivity index (χ0v) is 18.3. The van der Waals surface area contributed by atoms with Crippen LogP contribution in [0.5, 0.6) is 5.75 Å². The summed E-state index contributed by atoms with van der Waals surface area (Å²) in [6.07, 6.45) is 17.3. The molecule has 2 aliphatic rings. The average molecular weight is 424 g/mol. The van der Waals surface area contributed by atoms with Gasteiger partial charge in [0.05, 0.1) is 23.9 Å². The van der Waals surface area contributed by atoms with Gasteiger partial charge in [0, 0.05) is 35.7 Å². The van der Waals surface area contributed by atoms with Crippen LogP contribution in [0.25, 0.3) is 17.0 Å². The van der Waals surface area contributed by atoms with Crippen LogP contribution in [0.1, 0.15) is 63.5 Å². The first-order valence-electron chi connectivity index (χ1n) is 11.5. The summed E-state index contributed by atoms with van der Waals surface area (Å²) in [6, 6.07) is 4.36. The normalized spacial score (nSPS) is 18.5. The van der Waals surface area contributed by atoms with Crippen LogP contribution in [-0.4, -0.2) is 39.0 Å². The third-order valence-corrected chi connectivity index (χ3v) is 6.05. The lowest BCUT2D eigenvalue weighted by molar-refractivity contribution is 0.245. The maximum atomic E-state index is 9.43. The van der Waals surface area contributed by atoms with Gasteiger partial charge in [-0.15, -0.1) is 0 Å². The minimum absolute atomic E-state index is 0.164. The second kappa shape index (κ2) is 10.1. The van der Waals surface area contributed by atoms with Gasteiger partial charge < -0.3 is 15.1 Å². The smallest absolute Gasteiger partial charge is 0.128 e. The number of ether oxygens (including phenoxy) is 1. The molecular weight excluding hydrogens is 390 g/mol. The highest BCUT2D eigenvalue weighted by Crippen LogP contribution is 2.33. The Morgan fingerprint density at radius 1 is 1.26 bits per heavy atom. The fraction of sp³-hybridized carbons (Fsp3) is 0.520. The lowest BCUT2D eigenvalue weighted by Gasteiger charge is -2.14. The number of aliphatic hydroxyl groups is 1. The number of allylic oxidation sites excluding steroid dienone is 3. The number of aromatic nitrogens is 2. The molecule has 4 rings (SSSR count). The number of nitrogens with zero attached hydrogens (tertiary/aromatic N) is 3. The molecule has 0 radical (unpaired) electrons. The van der Waals surface area contributed by atoms with E-state index in [1.807, 2.05) is 35.1 Å². The molecule has 0 aliphatic heterocycles. The Bertz CT molecular complexity index is 962. The Labute approximate surface area is 183 Å². The van der Waals surface area contributed by atoms with E-state index in [2.05, 4.69) is 24.3 Å². The van der Waals surface area contributed by atoms with Crippen molar-refractivity contribution in [2.75, 3.05) is 13.2 Å². The minimum atomic E-state index is 0.164. The van der Waals surface area contributed by atoms with Crippen molar-refractivity contribution in [3.63, 3.8) is 0 Å². The van der Waals surface area contributed by atoms with E-state index in [0.29, 0.717) is 18.3 Å². The number of hydrogen-bond donors (Lipinski definition) is 2. The molecule has 6 nitrogen and oxygen atoms in total. The molecule has 0 spiro atoms. The molecular formula is C25H33N3O3. The summed E-state index contributed by atoms with van der Waals surface area (Å²) in [5.74, 6) is 1.93. The van der Waals surface area contributed by atoms with Crippen LogP contribution in [0.4, 0.5) is 0 Å². The highest BCUT2D eigenvalue weighted by molar-refractivity contribution is 5.98. The highest BCUT2D eigenvalue weighted by Gasteiger charge is 2.26. The lowest BCUT2D eigenvalue weighted by Crippen LogP contribution is -2.11. The molecule has 2 aliphatic carbocycles. The highest BCUT2D eigenvalue weighted by atomic mass is 16.5. The molecule has 0 bridgehead atoms. The second-order valence-corrected chi connectivity index (χ2v) is 8.78. The first-order chi connectivity index (χ1) is 15.2. The van der Waals surface area contributed by atoms with E-state index in [0.717, 1.165) is 60.2 Å². The van der Waals surface area contributed by atoms with E-state index in [1.165, 1.54) is 12.8 Å². The zero-order chi connectivity index (χ0) is 21.6. The van der Waals surface area contributed by atoms with Crippen molar-refractivity contribution in [3.8, 4) is 5.75 Å². The largest absolute Gasteiger partial charge is 0.493 e. The first-order valence-corrected chi connectivity index (χ1v) is 11.5. The summed E-state index contributed by atoms with van der Waals surface area (Å²) in [5, 5.41) is 27.8. The van der Waals surface area contributed by atoms with Crippen LogP contribution in [0.2, 0.25) is 0 Å². The van der Waals surface area contributed by atoms with Crippen molar-refractivity contribution in [1.29, 1.82) is 0 Å². The van der Waals surface area contributed by atoms with Gasteiger partial charge in [0.15, 0.2) is 0 Å². The molecule has 2 aromatic rings. The third kappa shape index (κ3) is 5.76. The molecule has 0 saturated heterocycles. The van der Waals surface area contributed by atoms with Gasteiger partial charge in [-0.1, -0.05) is 36.7 Å². The van der Waals surface area contributed by atoms with Crippen LogP contribution in [0.3, 0.4) is 0 Å². The first kappa shape index (κ1) is 21.6. The number of aliphatic hydroxyl groups excluding tert-OH is 1. The van der Waals surface area contributed by atoms with Gasteiger partial charge in [-0.05, 0) is 56.6 Å². The minimum Gasteiger partial charge on any atom is -0.493 e. The van der Waals surface area contributed by atoms with Crippen molar-refractivity contribution in [1.82, 2.24) is 9.78 Å². The summed E-state index contributed by atoms with van der Waals surface area (Å²) in [7, 11) is 0.